The van der Waals surface area contributed by atoms with Crippen LogP contribution in [0, 0.1) is 0 Å². The largest absolute Gasteiger partial charge is 0.497 e. The van der Waals surface area contributed by atoms with Crippen molar-refractivity contribution >= 4 is 28.3 Å². The monoisotopic (exact) mass is 491 g/mol. The highest BCUT2D eigenvalue weighted by Gasteiger charge is 2.13. The Morgan fingerprint density at radius 2 is 1.60 bits per heavy atom. The molecule has 0 fully saturated rings. The molecule has 0 spiro atoms. The number of hydrogen-bond acceptors (Lipinski definition) is 4. The first-order valence-corrected chi connectivity index (χ1v) is 10.4. The fourth-order valence-electron chi connectivity index (χ4n) is 3.05. The van der Waals surface area contributed by atoms with Gasteiger partial charge in [0.2, 0.25) is 0 Å². The first-order valence-electron chi connectivity index (χ1n) is 9.56. The molecule has 0 bridgehead atoms. The summed E-state index contributed by atoms with van der Waals surface area (Å²) in [6.45, 7) is 2.05. The molecule has 0 heterocycles. The lowest BCUT2D eigenvalue weighted by molar-refractivity contribution is 0.280. The van der Waals surface area contributed by atoms with Gasteiger partial charge in [0, 0.05) is 16.6 Å². The zero-order valence-electron chi connectivity index (χ0n) is 17.2. The van der Waals surface area contributed by atoms with E-state index in [4.69, 9.17) is 14.2 Å². The van der Waals surface area contributed by atoms with Crippen LogP contribution in [-0.4, -0.2) is 20.8 Å². The van der Waals surface area contributed by atoms with Gasteiger partial charge in [0.05, 0.1) is 14.2 Å². The van der Waals surface area contributed by atoms with E-state index in [2.05, 4.69) is 51.6 Å². The minimum Gasteiger partial charge on any atom is -0.497 e. The van der Waals surface area contributed by atoms with Crippen molar-refractivity contribution in [2.45, 2.75) is 19.6 Å². The lowest BCUT2D eigenvalue weighted by atomic mass is 10.1. The number of hydrogen-bond donors (Lipinski definition) is 1. The quantitative estimate of drug-likeness (QED) is 0.363. The molecule has 0 saturated heterocycles. The second kappa shape index (κ2) is 12.5. The molecule has 30 heavy (non-hydrogen) atoms. The van der Waals surface area contributed by atoms with E-state index in [1.54, 1.807) is 14.2 Å². The molecule has 6 heteroatoms. The normalized spacial score (nSPS) is 10.2. The Kier molecular flexibility index (Phi) is 10.0. The SMILES string of the molecule is COc1ccc(CCNCc2cc(Br)cc(OC)c2OCc2ccccc2)cc1.Cl. The number of methoxy groups -OCH3 is 2. The van der Waals surface area contributed by atoms with Crippen LogP contribution in [0.15, 0.2) is 71.2 Å². The summed E-state index contributed by atoms with van der Waals surface area (Å²) in [7, 11) is 3.35. The first kappa shape index (κ1) is 24.1. The third-order valence-electron chi connectivity index (χ3n) is 4.61. The second-order valence-corrected chi connectivity index (χ2v) is 7.56. The van der Waals surface area contributed by atoms with Gasteiger partial charge in [-0.1, -0.05) is 58.4 Å². The highest BCUT2D eigenvalue weighted by molar-refractivity contribution is 9.10. The Bertz CT molecular complexity index is 904. The van der Waals surface area contributed by atoms with Crippen molar-refractivity contribution in [1.82, 2.24) is 5.32 Å². The maximum atomic E-state index is 6.14. The van der Waals surface area contributed by atoms with Crippen molar-refractivity contribution in [1.29, 1.82) is 0 Å². The molecule has 3 rings (SSSR count). The molecule has 0 radical (unpaired) electrons. The standard InChI is InChI=1S/C24H26BrNO3.ClH/c1-27-22-10-8-18(9-11-22)12-13-26-16-20-14-21(25)15-23(28-2)24(20)29-17-19-6-4-3-5-7-19;/h3-11,14-15,26H,12-13,16-17H2,1-2H3;1H. The second-order valence-electron chi connectivity index (χ2n) is 6.65. The zero-order valence-corrected chi connectivity index (χ0v) is 19.6. The van der Waals surface area contributed by atoms with Gasteiger partial charge >= 0.3 is 0 Å². The highest BCUT2D eigenvalue weighted by atomic mass is 79.9. The minimum atomic E-state index is 0. The Morgan fingerprint density at radius 3 is 2.27 bits per heavy atom. The van der Waals surface area contributed by atoms with Crippen LogP contribution >= 0.6 is 28.3 Å². The van der Waals surface area contributed by atoms with Gasteiger partial charge in [-0.2, -0.15) is 0 Å². The van der Waals surface area contributed by atoms with Crippen molar-refractivity contribution in [2.24, 2.45) is 0 Å². The van der Waals surface area contributed by atoms with Crippen molar-refractivity contribution < 1.29 is 14.2 Å². The van der Waals surface area contributed by atoms with E-state index in [9.17, 15) is 0 Å². The van der Waals surface area contributed by atoms with E-state index in [-0.39, 0.29) is 12.4 Å². The van der Waals surface area contributed by atoms with Gasteiger partial charge in [-0.3, -0.25) is 0 Å². The summed E-state index contributed by atoms with van der Waals surface area (Å²) in [6, 6.07) is 22.3. The summed E-state index contributed by atoms with van der Waals surface area (Å²) in [4.78, 5) is 0. The van der Waals surface area contributed by atoms with E-state index in [0.717, 1.165) is 45.8 Å². The molecule has 1 N–H and O–H groups in total. The molecule has 0 aliphatic carbocycles. The topological polar surface area (TPSA) is 39.7 Å². The molecule has 0 amide bonds. The molecule has 3 aromatic carbocycles. The van der Waals surface area contributed by atoms with E-state index in [1.807, 2.05) is 36.4 Å². The van der Waals surface area contributed by atoms with Gasteiger partial charge < -0.3 is 19.5 Å². The lowest BCUT2D eigenvalue weighted by Crippen LogP contribution is -2.17. The van der Waals surface area contributed by atoms with E-state index in [0.29, 0.717) is 13.2 Å². The van der Waals surface area contributed by atoms with E-state index >= 15 is 0 Å². The summed E-state index contributed by atoms with van der Waals surface area (Å²) in [6.07, 6.45) is 0.940. The summed E-state index contributed by atoms with van der Waals surface area (Å²) in [5, 5.41) is 3.51. The van der Waals surface area contributed by atoms with Crippen molar-refractivity contribution in [3.05, 3.63) is 87.9 Å². The molecule has 0 aliphatic rings. The minimum absolute atomic E-state index is 0. The van der Waals surface area contributed by atoms with Gasteiger partial charge in [-0.15, -0.1) is 12.4 Å². The Balaban J connectivity index is 0.00000320. The molecule has 0 atom stereocenters. The molecule has 160 valence electrons. The molecule has 0 saturated carbocycles. The van der Waals surface area contributed by atoms with Gasteiger partial charge in [0.1, 0.15) is 12.4 Å². The predicted molar refractivity (Wildman–Crippen MR) is 127 cm³/mol. The molecular weight excluding hydrogens is 466 g/mol. The maximum Gasteiger partial charge on any atom is 0.166 e. The molecule has 0 aliphatic heterocycles. The fourth-order valence-corrected chi connectivity index (χ4v) is 3.53. The zero-order chi connectivity index (χ0) is 20.5. The average molecular weight is 493 g/mol. The van der Waals surface area contributed by atoms with Gasteiger partial charge in [-0.25, -0.2) is 0 Å². The van der Waals surface area contributed by atoms with Crippen LogP contribution in [0.1, 0.15) is 16.7 Å². The maximum absolute atomic E-state index is 6.14. The lowest BCUT2D eigenvalue weighted by Gasteiger charge is -2.16. The van der Waals surface area contributed by atoms with Crippen LogP contribution < -0.4 is 19.5 Å². The third-order valence-corrected chi connectivity index (χ3v) is 5.07. The Morgan fingerprint density at radius 1 is 0.867 bits per heavy atom. The van der Waals surface area contributed by atoms with E-state index in [1.165, 1.54) is 5.56 Å². The van der Waals surface area contributed by atoms with Gasteiger partial charge in [-0.05, 0) is 48.4 Å². The third kappa shape index (κ3) is 6.94. The number of benzene rings is 3. The van der Waals surface area contributed by atoms with Crippen molar-refractivity contribution in [2.75, 3.05) is 20.8 Å². The van der Waals surface area contributed by atoms with Crippen LogP contribution in [0.25, 0.3) is 0 Å². The van der Waals surface area contributed by atoms with Crippen LogP contribution in [0.5, 0.6) is 17.2 Å². The van der Waals surface area contributed by atoms with Crippen molar-refractivity contribution in [3.63, 3.8) is 0 Å². The summed E-state index contributed by atoms with van der Waals surface area (Å²) in [5.41, 5.74) is 3.45. The smallest absolute Gasteiger partial charge is 0.166 e. The number of halogens is 2. The summed E-state index contributed by atoms with van der Waals surface area (Å²) >= 11 is 3.57. The van der Waals surface area contributed by atoms with Crippen LogP contribution in [0.3, 0.4) is 0 Å². The summed E-state index contributed by atoms with van der Waals surface area (Å²) in [5.74, 6) is 2.38. The van der Waals surface area contributed by atoms with Gasteiger partial charge in [0.15, 0.2) is 11.5 Å². The number of ether oxygens (including phenoxy) is 3. The highest BCUT2D eigenvalue weighted by Crippen LogP contribution is 2.35. The fraction of sp³-hybridized carbons (Fsp3) is 0.250. The predicted octanol–water partition coefficient (Wildman–Crippen LogP) is 5.80. The van der Waals surface area contributed by atoms with Crippen LogP contribution in [0.2, 0.25) is 0 Å². The van der Waals surface area contributed by atoms with Crippen molar-refractivity contribution in [3.8, 4) is 17.2 Å². The molecular formula is C24H27BrClNO3. The average Bonchev–Trinajstić information content (AvgIpc) is 2.76. The molecule has 4 nitrogen and oxygen atoms in total. The Labute approximate surface area is 193 Å². The number of nitrogens with one attached hydrogen (secondary N) is 1. The van der Waals surface area contributed by atoms with Gasteiger partial charge in [0.25, 0.3) is 0 Å². The van der Waals surface area contributed by atoms with Crippen LogP contribution in [0.4, 0.5) is 0 Å². The molecule has 3 aromatic rings. The van der Waals surface area contributed by atoms with E-state index < -0.39 is 0 Å². The summed E-state index contributed by atoms with van der Waals surface area (Å²) < 4.78 is 17.9. The molecule has 0 unspecified atom stereocenters. The molecule has 0 aromatic heterocycles. The number of rotatable bonds is 10. The Hall–Kier alpha value is -2.21. The van der Waals surface area contributed by atoms with Crippen LogP contribution in [-0.2, 0) is 19.6 Å². The first-order chi connectivity index (χ1) is 14.2.